The molecular formula is C33H22FNO2. The number of carbonyl (C=O) groups excluding carboxylic acids is 1. The Balaban J connectivity index is 1.33. The molecule has 5 aromatic rings. The summed E-state index contributed by atoms with van der Waals surface area (Å²) >= 11 is 0. The van der Waals surface area contributed by atoms with E-state index in [1.165, 1.54) is 6.07 Å². The number of allylic oxidation sites excluding steroid dienone is 1. The summed E-state index contributed by atoms with van der Waals surface area (Å²) in [6.07, 6.45) is 0. The molecule has 1 heterocycles. The molecule has 37 heavy (non-hydrogen) atoms. The first-order valence-electron chi connectivity index (χ1n) is 12.3. The Hall–Kier alpha value is -4.70. The van der Waals surface area contributed by atoms with E-state index in [0.29, 0.717) is 11.3 Å². The molecule has 4 heteroatoms. The van der Waals surface area contributed by atoms with E-state index in [-0.39, 0.29) is 24.1 Å². The van der Waals surface area contributed by atoms with Crippen molar-refractivity contribution < 1.29 is 13.9 Å². The lowest BCUT2D eigenvalue weighted by atomic mass is 9.78. The third-order valence-electron chi connectivity index (χ3n) is 7.33. The second kappa shape index (κ2) is 8.45. The van der Waals surface area contributed by atoms with Crippen molar-refractivity contribution in [1.82, 2.24) is 0 Å². The summed E-state index contributed by atoms with van der Waals surface area (Å²) in [6.45, 7) is 0.149. The Morgan fingerprint density at radius 1 is 0.757 bits per heavy atom. The lowest BCUT2D eigenvalue weighted by molar-refractivity contribution is 0.103. The van der Waals surface area contributed by atoms with Gasteiger partial charge in [-0.2, -0.15) is 0 Å². The summed E-state index contributed by atoms with van der Waals surface area (Å²) in [7, 11) is 0. The molecule has 0 unspecified atom stereocenters. The average Bonchev–Trinajstić information content (AvgIpc) is 3.23. The Labute approximate surface area is 213 Å². The highest BCUT2D eigenvalue weighted by atomic mass is 19.1. The maximum Gasteiger partial charge on any atom is 0.192 e. The van der Waals surface area contributed by atoms with E-state index in [4.69, 9.17) is 4.74 Å². The number of nitrogens with one attached hydrogen (secondary N) is 1. The van der Waals surface area contributed by atoms with Gasteiger partial charge in [-0.1, -0.05) is 84.9 Å². The normalized spacial score (nSPS) is 15.7. The second-order valence-corrected chi connectivity index (χ2v) is 9.42. The minimum atomic E-state index is -0.281. The van der Waals surface area contributed by atoms with Crippen LogP contribution in [0.25, 0.3) is 16.5 Å². The predicted molar refractivity (Wildman–Crippen MR) is 144 cm³/mol. The van der Waals surface area contributed by atoms with Gasteiger partial charge in [0.2, 0.25) is 0 Å². The fraction of sp³-hybridized carbons (Fsp3) is 0.0606. The van der Waals surface area contributed by atoms with E-state index in [2.05, 4.69) is 29.6 Å². The maximum absolute atomic E-state index is 14.0. The van der Waals surface area contributed by atoms with Crippen LogP contribution >= 0.6 is 0 Å². The molecule has 0 aromatic heterocycles. The molecule has 1 N–H and O–H groups in total. The van der Waals surface area contributed by atoms with E-state index in [1.54, 1.807) is 18.2 Å². The van der Waals surface area contributed by atoms with Gasteiger partial charge in [-0.05, 0) is 46.2 Å². The first-order valence-corrected chi connectivity index (χ1v) is 12.3. The van der Waals surface area contributed by atoms with E-state index in [0.717, 1.165) is 50.0 Å². The van der Waals surface area contributed by atoms with Crippen molar-refractivity contribution in [1.29, 1.82) is 0 Å². The number of hydrogen-bond acceptors (Lipinski definition) is 3. The third-order valence-corrected chi connectivity index (χ3v) is 7.33. The third kappa shape index (κ3) is 3.45. The number of ether oxygens (including phenoxy) is 1. The van der Waals surface area contributed by atoms with Gasteiger partial charge in [0, 0.05) is 33.9 Å². The van der Waals surface area contributed by atoms with Crippen LogP contribution in [0.1, 0.15) is 38.5 Å². The number of rotatable bonds is 4. The molecule has 0 fully saturated rings. The monoisotopic (exact) mass is 483 g/mol. The SMILES string of the molecule is O=C1C2=C(Nc3ccc4ccccc4c3[C@@H]2c2ccc(OCc3ccccc3F)cc2)c2ccccc21. The number of Topliss-reactive ketones (excluding diaryl/α,β-unsaturated/α-hetero) is 1. The maximum atomic E-state index is 14.0. The summed E-state index contributed by atoms with van der Waals surface area (Å²) in [4.78, 5) is 13.8. The standard InChI is InChI=1S/C33H22FNO2/c34-27-12-6-2-8-22(27)19-37-23-16-13-21(14-17-23)29-30-24-9-3-1-7-20(24)15-18-28(30)35-32-25-10-4-5-11-26(25)33(36)31(29)32/h1-18,29,35H,19H2/t29-/m0/s1. The molecular weight excluding hydrogens is 461 g/mol. The molecule has 0 saturated carbocycles. The molecule has 1 aliphatic heterocycles. The minimum absolute atomic E-state index is 0.0570. The molecule has 1 aliphatic carbocycles. The van der Waals surface area contributed by atoms with Crippen molar-refractivity contribution in [2.75, 3.05) is 5.32 Å². The molecule has 2 aliphatic rings. The van der Waals surface area contributed by atoms with Crippen LogP contribution in [0.5, 0.6) is 5.75 Å². The van der Waals surface area contributed by atoms with Gasteiger partial charge in [-0.15, -0.1) is 0 Å². The van der Waals surface area contributed by atoms with Crippen LogP contribution in [-0.2, 0) is 6.61 Å². The Bertz CT molecular complexity index is 1740. The number of ketones is 1. The van der Waals surface area contributed by atoms with Gasteiger partial charge in [0.05, 0.1) is 5.70 Å². The Morgan fingerprint density at radius 3 is 2.32 bits per heavy atom. The molecule has 1 atom stereocenters. The van der Waals surface area contributed by atoms with Crippen LogP contribution in [0.2, 0.25) is 0 Å². The van der Waals surface area contributed by atoms with Crippen LogP contribution in [-0.4, -0.2) is 5.78 Å². The topological polar surface area (TPSA) is 38.3 Å². The van der Waals surface area contributed by atoms with Gasteiger partial charge in [0.1, 0.15) is 18.2 Å². The summed E-state index contributed by atoms with van der Waals surface area (Å²) in [6, 6.07) is 34.7. The summed E-state index contributed by atoms with van der Waals surface area (Å²) < 4.78 is 19.9. The highest BCUT2D eigenvalue weighted by molar-refractivity contribution is 6.24. The number of anilines is 1. The van der Waals surface area contributed by atoms with Crippen molar-refractivity contribution in [2.24, 2.45) is 0 Å². The van der Waals surface area contributed by atoms with Gasteiger partial charge in [-0.25, -0.2) is 4.39 Å². The van der Waals surface area contributed by atoms with E-state index < -0.39 is 0 Å². The predicted octanol–water partition coefficient (Wildman–Crippen LogP) is 7.72. The highest BCUT2D eigenvalue weighted by Crippen LogP contribution is 2.51. The zero-order valence-electron chi connectivity index (χ0n) is 19.9. The fourth-order valence-corrected chi connectivity index (χ4v) is 5.57. The number of fused-ring (bicyclic) bond motifs is 5. The van der Waals surface area contributed by atoms with E-state index in [1.807, 2.05) is 60.7 Å². The quantitative estimate of drug-likeness (QED) is 0.284. The molecule has 178 valence electrons. The van der Waals surface area contributed by atoms with E-state index >= 15 is 0 Å². The van der Waals surface area contributed by atoms with Gasteiger partial charge in [-0.3, -0.25) is 4.79 Å². The van der Waals surface area contributed by atoms with Crippen LogP contribution in [0, 0.1) is 5.82 Å². The van der Waals surface area contributed by atoms with Gasteiger partial charge < -0.3 is 10.1 Å². The van der Waals surface area contributed by atoms with Crippen LogP contribution in [0.3, 0.4) is 0 Å². The van der Waals surface area contributed by atoms with Crippen molar-refractivity contribution in [2.45, 2.75) is 12.5 Å². The van der Waals surface area contributed by atoms with Crippen molar-refractivity contribution in [3.05, 3.63) is 148 Å². The number of benzene rings is 5. The van der Waals surface area contributed by atoms with Gasteiger partial charge in [0.15, 0.2) is 5.78 Å². The summed E-state index contributed by atoms with van der Waals surface area (Å²) in [5.74, 6) is 0.185. The summed E-state index contributed by atoms with van der Waals surface area (Å²) in [5, 5.41) is 5.84. The summed E-state index contributed by atoms with van der Waals surface area (Å²) in [5.41, 5.74) is 6.94. The molecule has 0 saturated heterocycles. The van der Waals surface area contributed by atoms with Crippen LogP contribution < -0.4 is 10.1 Å². The first-order chi connectivity index (χ1) is 18.2. The molecule has 0 radical (unpaired) electrons. The lowest BCUT2D eigenvalue weighted by Gasteiger charge is -2.30. The van der Waals surface area contributed by atoms with Crippen LogP contribution in [0.4, 0.5) is 10.1 Å². The van der Waals surface area contributed by atoms with Gasteiger partial charge >= 0.3 is 0 Å². The molecule has 7 rings (SSSR count). The molecule has 0 spiro atoms. The molecule has 5 aromatic carbocycles. The zero-order chi connectivity index (χ0) is 24.9. The largest absolute Gasteiger partial charge is 0.489 e. The van der Waals surface area contributed by atoms with Gasteiger partial charge in [0.25, 0.3) is 0 Å². The highest BCUT2D eigenvalue weighted by Gasteiger charge is 2.40. The second-order valence-electron chi connectivity index (χ2n) is 9.42. The van der Waals surface area contributed by atoms with Crippen molar-refractivity contribution >= 4 is 27.9 Å². The minimum Gasteiger partial charge on any atom is -0.489 e. The fourth-order valence-electron chi connectivity index (χ4n) is 5.57. The smallest absolute Gasteiger partial charge is 0.192 e. The zero-order valence-corrected chi connectivity index (χ0v) is 19.9. The number of halogens is 1. The first kappa shape index (κ1) is 21.6. The molecule has 0 bridgehead atoms. The lowest BCUT2D eigenvalue weighted by Crippen LogP contribution is -2.19. The van der Waals surface area contributed by atoms with E-state index in [9.17, 15) is 9.18 Å². The van der Waals surface area contributed by atoms with Crippen LogP contribution in [0.15, 0.2) is 115 Å². The van der Waals surface area contributed by atoms with Crippen molar-refractivity contribution in [3.8, 4) is 5.75 Å². The van der Waals surface area contributed by atoms with Crippen molar-refractivity contribution in [3.63, 3.8) is 0 Å². The molecule has 0 amide bonds. The number of hydrogen-bond donors (Lipinski definition) is 1. The number of carbonyl (C=O) groups is 1. The molecule has 3 nitrogen and oxygen atoms in total. The average molecular weight is 484 g/mol. The Morgan fingerprint density at radius 2 is 1.49 bits per heavy atom. The Kier molecular flexibility index (Phi) is 4.93.